The number of hydrogen-bond donors (Lipinski definition) is 0. The van der Waals surface area contributed by atoms with Crippen LogP contribution in [-0.4, -0.2) is 66.6 Å². The van der Waals surface area contributed by atoms with Gasteiger partial charge < -0.3 is 9.47 Å². The number of nitrogens with zero attached hydrogens (tertiary/aromatic N) is 4. The minimum atomic E-state index is -0.760. The maximum absolute atomic E-state index is 12.5. The molecule has 0 radical (unpaired) electrons. The molecule has 0 spiro atoms. The van der Waals surface area contributed by atoms with Crippen molar-refractivity contribution < 1.29 is 23.9 Å². The molecule has 0 bridgehead atoms. The Labute approximate surface area is 143 Å². The number of hydrazone groups is 1. The summed E-state index contributed by atoms with van der Waals surface area (Å²) in [5.74, 6) is -1.15. The summed E-state index contributed by atoms with van der Waals surface area (Å²) in [6.45, 7) is -0.119. The van der Waals surface area contributed by atoms with Crippen molar-refractivity contribution in [3.8, 4) is 0 Å². The Bertz CT molecular complexity index is 802. The summed E-state index contributed by atoms with van der Waals surface area (Å²) >= 11 is 0. The quantitative estimate of drug-likeness (QED) is 0.744. The SMILES string of the molecule is COC(=O)C1=C(C(=O)OC)N2C(c3ccccc3)=NN(C)C(=O)N2C1. The lowest BCUT2D eigenvalue weighted by Gasteiger charge is -2.37. The third-order valence-electron chi connectivity index (χ3n) is 3.83. The molecule has 1 aromatic rings. The van der Waals surface area contributed by atoms with Crippen LogP contribution in [0.2, 0.25) is 0 Å². The molecule has 2 heterocycles. The fourth-order valence-electron chi connectivity index (χ4n) is 2.67. The Balaban J connectivity index is 2.19. The van der Waals surface area contributed by atoms with Crippen molar-refractivity contribution in [2.24, 2.45) is 5.10 Å². The zero-order valence-corrected chi connectivity index (χ0v) is 13.9. The fourth-order valence-corrected chi connectivity index (χ4v) is 2.67. The van der Waals surface area contributed by atoms with Gasteiger partial charge in [0, 0.05) is 12.6 Å². The summed E-state index contributed by atoms with van der Waals surface area (Å²) < 4.78 is 9.55. The molecule has 9 nitrogen and oxygen atoms in total. The van der Waals surface area contributed by atoms with Gasteiger partial charge in [0.1, 0.15) is 0 Å². The van der Waals surface area contributed by atoms with Crippen molar-refractivity contribution >= 4 is 23.8 Å². The highest BCUT2D eigenvalue weighted by atomic mass is 16.5. The van der Waals surface area contributed by atoms with Crippen molar-refractivity contribution in [3.63, 3.8) is 0 Å². The highest BCUT2D eigenvalue weighted by Crippen LogP contribution is 2.31. The number of ether oxygens (including phenoxy) is 2. The second-order valence-corrected chi connectivity index (χ2v) is 5.28. The highest BCUT2D eigenvalue weighted by molar-refractivity contribution is 6.10. The topological polar surface area (TPSA) is 91.8 Å². The van der Waals surface area contributed by atoms with Gasteiger partial charge in [0.2, 0.25) is 0 Å². The summed E-state index contributed by atoms with van der Waals surface area (Å²) in [4.78, 5) is 36.9. The molecular formula is C16H16N4O5. The molecule has 0 saturated heterocycles. The standard InChI is InChI=1S/C16H16N4O5/c1-18-16(23)19-9-11(14(21)24-2)12(15(22)25-3)20(19)13(17-18)10-7-5-4-6-8-10/h4-8H,9H2,1-3H3. The number of amides is 2. The highest BCUT2D eigenvalue weighted by Gasteiger charge is 2.46. The summed E-state index contributed by atoms with van der Waals surface area (Å²) in [6, 6.07) is 8.52. The smallest absolute Gasteiger partial charge is 0.359 e. The summed E-state index contributed by atoms with van der Waals surface area (Å²) in [7, 11) is 3.90. The first-order valence-electron chi connectivity index (χ1n) is 7.38. The van der Waals surface area contributed by atoms with Gasteiger partial charge in [0.15, 0.2) is 11.5 Å². The minimum absolute atomic E-state index is 0.0293. The van der Waals surface area contributed by atoms with Crippen LogP contribution in [0.15, 0.2) is 46.7 Å². The monoisotopic (exact) mass is 344 g/mol. The van der Waals surface area contributed by atoms with Crippen LogP contribution in [0, 0.1) is 0 Å². The van der Waals surface area contributed by atoms with E-state index in [9.17, 15) is 14.4 Å². The number of rotatable bonds is 3. The third kappa shape index (κ3) is 2.59. The molecule has 0 atom stereocenters. The Kier molecular flexibility index (Phi) is 4.14. The number of urea groups is 1. The van der Waals surface area contributed by atoms with E-state index in [4.69, 9.17) is 9.47 Å². The Morgan fingerprint density at radius 1 is 1.08 bits per heavy atom. The summed E-state index contributed by atoms with van der Waals surface area (Å²) in [5, 5.41) is 7.95. The fraction of sp³-hybridized carbons (Fsp3) is 0.250. The molecule has 2 aliphatic heterocycles. The second-order valence-electron chi connectivity index (χ2n) is 5.28. The molecule has 0 fully saturated rings. The average Bonchev–Trinajstić information content (AvgIpc) is 3.04. The van der Waals surface area contributed by atoms with E-state index in [1.807, 2.05) is 6.07 Å². The number of hydrogen-bond acceptors (Lipinski definition) is 7. The van der Waals surface area contributed by atoms with Gasteiger partial charge in [0.25, 0.3) is 0 Å². The molecule has 0 saturated carbocycles. The molecule has 1 aromatic carbocycles. The van der Waals surface area contributed by atoms with Gasteiger partial charge in [-0.1, -0.05) is 30.3 Å². The number of carbonyl (C=O) groups is 3. The van der Waals surface area contributed by atoms with Gasteiger partial charge in [0.05, 0.1) is 26.3 Å². The van der Waals surface area contributed by atoms with Crippen LogP contribution in [0.5, 0.6) is 0 Å². The van der Waals surface area contributed by atoms with Crippen molar-refractivity contribution in [2.75, 3.05) is 27.8 Å². The molecule has 0 N–H and O–H groups in total. The number of carbonyl (C=O) groups excluding carboxylic acids is 3. The predicted octanol–water partition coefficient (Wildman–Crippen LogP) is 0.546. The van der Waals surface area contributed by atoms with E-state index in [0.29, 0.717) is 11.4 Å². The molecule has 0 aliphatic carbocycles. The zero-order valence-electron chi connectivity index (χ0n) is 13.9. The maximum atomic E-state index is 12.5. The van der Waals surface area contributed by atoms with Crippen LogP contribution < -0.4 is 0 Å². The Morgan fingerprint density at radius 3 is 2.32 bits per heavy atom. The lowest BCUT2D eigenvalue weighted by molar-refractivity contribution is -0.140. The number of fused-ring (bicyclic) bond motifs is 1. The van der Waals surface area contributed by atoms with Crippen LogP contribution in [0.4, 0.5) is 4.79 Å². The van der Waals surface area contributed by atoms with Gasteiger partial charge in [-0.05, 0) is 0 Å². The molecule has 25 heavy (non-hydrogen) atoms. The molecule has 2 aliphatic rings. The van der Waals surface area contributed by atoms with E-state index in [1.54, 1.807) is 24.3 Å². The zero-order chi connectivity index (χ0) is 18.1. The first kappa shape index (κ1) is 16.5. The molecule has 130 valence electrons. The second kappa shape index (κ2) is 6.27. The lowest BCUT2D eigenvalue weighted by atomic mass is 10.1. The van der Waals surface area contributed by atoms with E-state index >= 15 is 0 Å². The van der Waals surface area contributed by atoms with E-state index < -0.39 is 18.0 Å². The number of amidine groups is 1. The van der Waals surface area contributed by atoms with Gasteiger partial charge >= 0.3 is 18.0 Å². The van der Waals surface area contributed by atoms with Gasteiger partial charge in [-0.3, -0.25) is 0 Å². The number of hydrazine groups is 1. The largest absolute Gasteiger partial charge is 0.466 e. The molecule has 2 amide bonds. The lowest BCUT2D eigenvalue weighted by Crippen LogP contribution is -2.54. The van der Waals surface area contributed by atoms with Gasteiger partial charge in [-0.15, -0.1) is 5.10 Å². The van der Waals surface area contributed by atoms with Crippen LogP contribution in [0.3, 0.4) is 0 Å². The summed E-state index contributed by atoms with van der Waals surface area (Å²) in [6.07, 6.45) is 0. The number of esters is 2. The van der Waals surface area contributed by atoms with Crippen molar-refractivity contribution in [3.05, 3.63) is 47.2 Å². The van der Waals surface area contributed by atoms with E-state index in [0.717, 1.165) is 5.01 Å². The van der Waals surface area contributed by atoms with E-state index in [2.05, 4.69) is 5.10 Å². The first-order valence-corrected chi connectivity index (χ1v) is 7.38. The van der Waals surface area contributed by atoms with Gasteiger partial charge in [-0.25, -0.2) is 29.4 Å². The number of methoxy groups -OCH3 is 2. The van der Waals surface area contributed by atoms with Gasteiger partial charge in [-0.2, -0.15) is 0 Å². The number of benzene rings is 1. The normalized spacial score (nSPS) is 16.7. The van der Waals surface area contributed by atoms with Crippen LogP contribution in [0.1, 0.15) is 5.56 Å². The first-order chi connectivity index (χ1) is 12.0. The summed E-state index contributed by atoms with van der Waals surface area (Å²) in [5.41, 5.74) is 0.611. The predicted molar refractivity (Wildman–Crippen MR) is 85.7 cm³/mol. The molecule has 0 unspecified atom stereocenters. The van der Waals surface area contributed by atoms with Crippen molar-refractivity contribution in [2.45, 2.75) is 0 Å². The molecular weight excluding hydrogens is 328 g/mol. The third-order valence-corrected chi connectivity index (χ3v) is 3.83. The van der Waals surface area contributed by atoms with E-state index in [-0.39, 0.29) is 17.8 Å². The average molecular weight is 344 g/mol. The maximum Gasteiger partial charge on any atom is 0.359 e. The van der Waals surface area contributed by atoms with Crippen molar-refractivity contribution in [1.29, 1.82) is 0 Å². The molecule has 0 aromatic heterocycles. The van der Waals surface area contributed by atoms with E-state index in [1.165, 1.54) is 31.3 Å². The molecule has 9 heteroatoms. The molecule has 3 rings (SSSR count). The minimum Gasteiger partial charge on any atom is -0.466 e. The Morgan fingerprint density at radius 2 is 1.72 bits per heavy atom. The Hall–Kier alpha value is -3.36. The van der Waals surface area contributed by atoms with Crippen LogP contribution in [0.25, 0.3) is 0 Å². The van der Waals surface area contributed by atoms with Crippen molar-refractivity contribution in [1.82, 2.24) is 15.0 Å². The van der Waals surface area contributed by atoms with Crippen LogP contribution >= 0.6 is 0 Å². The van der Waals surface area contributed by atoms with Crippen LogP contribution in [-0.2, 0) is 19.1 Å².